The van der Waals surface area contributed by atoms with E-state index in [2.05, 4.69) is 0 Å². The van der Waals surface area contributed by atoms with Gasteiger partial charge in [-0.1, -0.05) is 13.8 Å². The van der Waals surface area contributed by atoms with Gasteiger partial charge >= 0.3 is 5.97 Å². The van der Waals surface area contributed by atoms with E-state index in [-0.39, 0.29) is 5.75 Å². The summed E-state index contributed by atoms with van der Waals surface area (Å²) >= 11 is 0. The van der Waals surface area contributed by atoms with Gasteiger partial charge in [-0.25, -0.2) is 13.2 Å². The normalized spacial score (nSPS) is 18.9. The van der Waals surface area contributed by atoms with E-state index in [9.17, 15) is 13.2 Å². The maximum atomic E-state index is 12.1. The van der Waals surface area contributed by atoms with Crippen molar-refractivity contribution in [1.82, 2.24) is 0 Å². The lowest BCUT2D eigenvalue weighted by Gasteiger charge is -2.20. The first-order chi connectivity index (χ1) is 8.70. The van der Waals surface area contributed by atoms with Crippen LogP contribution in [0.4, 0.5) is 0 Å². The van der Waals surface area contributed by atoms with Gasteiger partial charge in [0.2, 0.25) is 0 Å². The number of benzene rings is 1. The Hall–Kier alpha value is -1.36. The zero-order valence-electron chi connectivity index (χ0n) is 11.6. The van der Waals surface area contributed by atoms with Crippen molar-refractivity contribution in [2.24, 2.45) is 0 Å². The second-order valence-corrected chi connectivity index (χ2v) is 7.43. The smallest absolute Gasteiger partial charge is 0.338 e. The average Bonchev–Trinajstić information content (AvgIpc) is 2.45. The summed E-state index contributed by atoms with van der Waals surface area (Å²) in [7, 11) is -3.24. The lowest BCUT2D eigenvalue weighted by Crippen LogP contribution is -2.21. The van der Waals surface area contributed by atoms with Crippen LogP contribution in [0.5, 0.6) is 0 Å². The van der Waals surface area contributed by atoms with Gasteiger partial charge in [-0.05, 0) is 37.1 Å². The van der Waals surface area contributed by atoms with Crippen molar-refractivity contribution in [3.63, 3.8) is 0 Å². The van der Waals surface area contributed by atoms with Gasteiger partial charge < -0.3 is 4.74 Å². The molecule has 0 saturated heterocycles. The summed E-state index contributed by atoms with van der Waals surface area (Å²) in [5.41, 5.74) is 1.44. The lowest BCUT2D eigenvalue weighted by atomic mass is 9.82. The number of hydrogen-bond acceptors (Lipinski definition) is 4. The number of sulfone groups is 1. The number of rotatable bonds is 2. The van der Waals surface area contributed by atoms with Gasteiger partial charge in [-0.15, -0.1) is 0 Å². The van der Waals surface area contributed by atoms with E-state index in [0.29, 0.717) is 22.6 Å². The van der Waals surface area contributed by atoms with Crippen LogP contribution in [0.2, 0.25) is 0 Å². The molecular weight excluding hydrogens is 264 g/mol. The summed E-state index contributed by atoms with van der Waals surface area (Å²) in [5.74, 6) is -0.314. The molecule has 19 heavy (non-hydrogen) atoms. The molecule has 0 fully saturated rings. The number of ether oxygens (including phenoxy) is 1. The molecule has 0 spiro atoms. The average molecular weight is 282 g/mol. The summed E-state index contributed by atoms with van der Waals surface area (Å²) in [6.45, 7) is 7.61. The SMILES string of the molecule is CCOC(=O)c1ccc2c(c1C)C(C)(C)CS2(=O)=O. The molecule has 0 aromatic heterocycles. The zero-order chi connectivity index (χ0) is 14.4. The van der Waals surface area contributed by atoms with E-state index in [1.54, 1.807) is 19.9 Å². The second-order valence-electron chi connectivity index (χ2n) is 5.47. The molecule has 4 nitrogen and oxygen atoms in total. The Bertz CT molecular complexity index is 642. The van der Waals surface area contributed by atoms with Crippen LogP contribution in [-0.4, -0.2) is 26.7 Å². The predicted molar refractivity (Wildman–Crippen MR) is 72.2 cm³/mol. The molecule has 0 saturated carbocycles. The van der Waals surface area contributed by atoms with E-state index in [0.717, 1.165) is 5.56 Å². The Morgan fingerprint density at radius 1 is 1.37 bits per heavy atom. The van der Waals surface area contributed by atoms with Gasteiger partial charge in [-0.3, -0.25) is 0 Å². The third-order valence-electron chi connectivity index (χ3n) is 3.48. The summed E-state index contributed by atoms with van der Waals surface area (Å²) in [4.78, 5) is 12.2. The van der Waals surface area contributed by atoms with E-state index < -0.39 is 21.2 Å². The van der Waals surface area contributed by atoms with Gasteiger partial charge in [0.15, 0.2) is 9.84 Å². The molecule has 0 amide bonds. The Morgan fingerprint density at radius 3 is 2.58 bits per heavy atom. The van der Waals surface area contributed by atoms with E-state index in [1.165, 1.54) is 6.07 Å². The fourth-order valence-corrected chi connectivity index (χ4v) is 5.11. The highest BCUT2D eigenvalue weighted by Gasteiger charge is 2.42. The standard InChI is InChI=1S/C14H18O4S/c1-5-18-13(15)10-6-7-11-12(9(10)2)14(3,4)8-19(11,16)17/h6-7H,5,8H2,1-4H3. The van der Waals surface area contributed by atoms with E-state index in [4.69, 9.17) is 4.74 Å². The van der Waals surface area contributed by atoms with Gasteiger partial charge in [0.05, 0.1) is 22.8 Å². The van der Waals surface area contributed by atoms with Crippen LogP contribution in [0.3, 0.4) is 0 Å². The molecule has 1 aliphatic heterocycles. The second kappa shape index (κ2) is 4.34. The largest absolute Gasteiger partial charge is 0.462 e. The number of esters is 1. The van der Waals surface area contributed by atoms with Crippen LogP contribution >= 0.6 is 0 Å². The van der Waals surface area contributed by atoms with Gasteiger partial charge in [-0.2, -0.15) is 0 Å². The molecule has 2 rings (SSSR count). The Kier molecular flexibility index (Phi) is 3.21. The Labute approximate surface area is 113 Å². The summed E-state index contributed by atoms with van der Waals surface area (Å²) in [6, 6.07) is 3.07. The van der Waals surface area contributed by atoms with Crippen molar-refractivity contribution in [3.8, 4) is 0 Å². The third kappa shape index (κ3) is 2.16. The van der Waals surface area contributed by atoms with Crippen LogP contribution in [0.1, 0.15) is 42.3 Å². The van der Waals surface area contributed by atoms with Crippen LogP contribution in [0.15, 0.2) is 17.0 Å². The first-order valence-corrected chi connectivity index (χ1v) is 7.90. The van der Waals surface area contributed by atoms with Crippen LogP contribution < -0.4 is 0 Å². The highest BCUT2D eigenvalue weighted by Crippen LogP contribution is 2.42. The molecule has 1 aliphatic rings. The molecule has 1 heterocycles. The summed E-state index contributed by atoms with van der Waals surface area (Å²) < 4.78 is 29.2. The summed E-state index contributed by atoms with van der Waals surface area (Å²) in [6.07, 6.45) is 0. The van der Waals surface area contributed by atoms with Crippen molar-refractivity contribution in [1.29, 1.82) is 0 Å². The number of fused-ring (bicyclic) bond motifs is 1. The van der Waals surface area contributed by atoms with Crippen molar-refractivity contribution < 1.29 is 17.9 Å². The van der Waals surface area contributed by atoms with Crippen LogP contribution in [0.25, 0.3) is 0 Å². The molecule has 1 aromatic carbocycles. The lowest BCUT2D eigenvalue weighted by molar-refractivity contribution is 0.0525. The molecule has 0 aliphatic carbocycles. The topological polar surface area (TPSA) is 60.4 Å². The minimum atomic E-state index is -3.24. The highest BCUT2D eigenvalue weighted by atomic mass is 32.2. The highest BCUT2D eigenvalue weighted by molar-refractivity contribution is 7.91. The number of carbonyl (C=O) groups excluding carboxylic acids is 1. The molecule has 0 atom stereocenters. The first-order valence-electron chi connectivity index (χ1n) is 6.24. The predicted octanol–water partition coefficient (Wildman–Crippen LogP) is 2.24. The van der Waals surface area contributed by atoms with E-state index >= 15 is 0 Å². The molecule has 1 aromatic rings. The molecule has 0 bridgehead atoms. The minimum Gasteiger partial charge on any atom is -0.462 e. The molecular formula is C14H18O4S. The quantitative estimate of drug-likeness (QED) is 0.780. The zero-order valence-corrected chi connectivity index (χ0v) is 12.4. The fraction of sp³-hybridized carbons (Fsp3) is 0.500. The third-order valence-corrected chi connectivity index (χ3v) is 5.60. The van der Waals surface area contributed by atoms with Crippen LogP contribution in [0, 0.1) is 6.92 Å². The van der Waals surface area contributed by atoms with E-state index in [1.807, 2.05) is 13.8 Å². The first kappa shape index (κ1) is 14.1. The van der Waals surface area contributed by atoms with Gasteiger partial charge in [0, 0.05) is 5.41 Å². The van der Waals surface area contributed by atoms with Gasteiger partial charge in [0.1, 0.15) is 0 Å². The molecule has 5 heteroatoms. The minimum absolute atomic E-state index is 0.0858. The van der Waals surface area contributed by atoms with Gasteiger partial charge in [0.25, 0.3) is 0 Å². The molecule has 104 valence electrons. The number of hydrogen-bond donors (Lipinski definition) is 0. The van der Waals surface area contributed by atoms with Crippen molar-refractivity contribution in [2.45, 2.75) is 38.0 Å². The van der Waals surface area contributed by atoms with Crippen molar-refractivity contribution >= 4 is 15.8 Å². The molecule has 0 N–H and O–H groups in total. The Morgan fingerprint density at radius 2 is 2.00 bits per heavy atom. The van der Waals surface area contributed by atoms with Crippen molar-refractivity contribution in [2.75, 3.05) is 12.4 Å². The maximum absolute atomic E-state index is 12.1. The summed E-state index contributed by atoms with van der Waals surface area (Å²) in [5, 5.41) is 0. The molecule has 0 unspecified atom stereocenters. The molecule has 0 radical (unpaired) electrons. The monoisotopic (exact) mass is 282 g/mol. The maximum Gasteiger partial charge on any atom is 0.338 e. The van der Waals surface area contributed by atoms with Crippen LogP contribution in [-0.2, 0) is 20.0 Å². The Balaban J connectivity index is 2.67. The number of carbonyl (C=O) groups is 1. The fourth-order valence-electron chi connectivity index (χ4n) is 2.84. The van der Waals surface area contributed by atoms with Crippen molar-refractivity contribution in [3.05, 3.63) is 28.8 Å².